The first-order chi connectivity index (χ1) is 12.4. The average Bonchev–Trinajstić information content (AvgIpc) is 3.03. The second-order valence-corrected chi connectivity index (χ2v) is 6.06. The number of amides is 3. The van der Waals surface area contributed by atoms with E-state index in [1.54, 1.807) is 38.1 Å². The standard InChI is InChI=1S/C19H17N3O4/c1-11-12(2)26-17(15(11)10-20)21-16(23)8-5-9-22-18(24)13-6-3-4-7-14(13)19(22)25/h3-4,6-7H,5,8-9H2,1-2H3,(H,21,23). The van der Waals surface area contributed by atoms with E-state index in [1.807, 2.05) is 6.07 Å². The molecule has 0 fully saturated rings. The Morgan fingerprint density at radius 2 is 1.81 bits per heavy atom. The highest BCUT2D eigenvalue weighted by Gasteiger charge is 2.34. The molecule has 2 aromatic rings. The lowest BCUT2D eigenvalue weighted by atomic mass is 10.1. The van der Waals surface area contributed by atoms with Gasteiger partial charge in [-0.25, -0.2) is 0 Å². The van der Waals surface area contributed by atoms with E-state index in [1.165, 1.54) is 0 Å². The third-order valence-electron chi connectivity index (χ3n) is 4.41. The van der Waals surface area contributed by atoms with Crippen LogP contribution < -0.4 is 5.32 Å². The highest BCUT2D eigenvalue weighted by atomic mass is 16.4. The molecule has 0 saturated carbocycles. The van der Waals surface area contributed by atoms with Gasteiger partial charge >= 0.3 is 0 Å². The summed E-state index contributed by atoms with van der Waals surface area (Å²) in [6.07, 6.45) is 0.412. The topological polar surface area (TPSA) is 103 Å². The fraction of sp³-hybridized carbons (Fsp3) is 0.263. The Bertz CT molecular complexity index is 917. The normalized spacial score (nSPS) is 12.9. The first-order valence-corrected chi connectivity index (χ1v) is 8.19. The largest absolute Gasteiger partial charge is 0.444 e. The summed E-state index contributed by atoms with van der Waals surface area (Å²) < 4.78 is 5.39. The van der Waals surface area contributed by atoms with Crippen LogP contribution in [0.1, 0.15) is 50.4 Å². The second-order valence-electron chi connectivity index (χ2n) is 6.06. The van der Waals surface area contributed by atoms with Gasteiger partial charge in [-0.15, -0.1) is 0 Å². The van der Waals surface area contributed by atoms with Crippen LogP contribution in [0.25, 0.3) is 0 Å². The van der Waals surface area contributed by atoms with Crippen LogP contribution in [-0.4, -0.2) is 29.2 Å². The fourth-order valence-electron chi connectivity index (χ4n) is 2.88. The van der Waals surface area contributed by atoms with Crippen molar-refractivity contribution >= 4 is 23.6 Å². The van der Waals surface area contributed by atoms with Gasteiger partial charge in [-0.1, -0.05) is 12.1 Å². The predicted octanol–water partition coefficient (Wildman–Crippen LogP) is 2.78. The summed E-state index contributed by atoms with van der Waals surface area (Å²) in [5.74, 6) is -0.312. The number of carbonyl (C=O) groups is 3. The van der Waals surface area contributed by atoms with E-state index in [9.17, 15) is 14.4 Å². The quantitative estimate of drug-likeness (QED) is 0.834. The number of rotatable bonds is 5. The van der Waals surface area contributed by atoms with Gasteiger partial charge in [-0.3, -0.25) is 24.6 Å². The van der Waals surface area contributed by atoms with Crippen molar-refractivity contribution in [2.45, 2.75) is 26.7 Å². The number of nitrogens with zero attached hydrogens (tertiary/aromatic N) is 2. The summed E-state index contributed by atoms with van der Waals surface area (Å²) in [6, 6.07) is 8.66. The van der Waals surface area contributed by atoms with Crippen LogP contribution in [0.4, 0.5) is 5.88 Å². The van der Waals surface area contributed by atoms with Crippen molar-refractivity contribution in [2.24, 2.45) is 0 Å². The number of benzene rings is 1. The zero-order valence-electron chi connectivity index (χ0n) is 14.5. The maximum atomic E-state index is 12.3. The molecular formula is C19H17N3O4. The molecule has 132 valence electrons. The molecule has 1 aliphatic rings. The van der Waals surface area contributed by atoms with Crippen molar-refractivity contribution in [3.05, 3.63) is 52.3 Å². The molecule has 3 rings (SSSR count). The molecule has 0 saturated heterocycles. The van der Waals surface area contributed by atoms with E-state index in [4.69, 9.17) is 9.68 Å². The molecule has 1 N–H and O–H groups in total. The Kier molecular flexibility index (Phi) is 4.59. The van der Waals surface area contributed by atoms with Gasteiger partial charge in [0.2, 0.25) is 11.8 Å². The highest BCUT2D eigenvalue weighted by Crippen LogP contribution is 2.26. The van der Waals surface area contributed by atoms with Crippen molar-refractivity contribution in [2.75, 3.05) is 11.9 Å². The molecule has 0 atom stereocenters. The molecule has 0 radical (unpaired) electrons. The van der Waals surface area contributed by atoms with Crippen LogP contribution in [0.3, 0.4) is 0 Å². The zero-order chi connectivity index (χ0) is 18.8. The van der Waals surface area contributed by atoms with Crippen molar-refractivity contribution in [1.29, 1.82) is 5.26 Å². The second kappa shape index (κ2) is 6.84. The van der Waals surface area contributed by atoms with Gasteiger partial charge in [-0.05, 0) is 32.4 Å². The van der Waals surface area contributed by atoms with Gasteiger partial charge in [0.25, 0.3) is 11.8 Å². The number of hydrogen-bond donors (Lipinski definition) is 1. The lowest BCUT2D eigenvalue weighted by molar-refractivity contribution is -0.116. The van der Waals surface area contributed by atoms with Crippen LogP contribution in [0.5, 0.6) is 0 Å². The van der Waals surface area contributed by atoms with E-state index in [-0.39, 0.29) is 36.6 Å². The highest BCUT2D eigenvalue weighted by molar-refractivity contribution is 6.21. The number of carbonyl (C=O) groups excluding carboxylic acids is 3. The maximum absolute atomic E-state index is 12.3. The third kappa shape index (κ3) is 2.97. The summed E-state index contributed by atoms with van der Waals surface area (Å²) in [5.41, 5.74) is 1.77. The first kappa shape index (κ1) is 17.4. The molecule has 7 nitrogen and oxygen atoms in total. The molecule has 2 heterocycles. The summed E-state index contributed by atoms with van der Waals surface area (Å²) in [5, 5.41) is 11.7. The van der Waals surface area contributed by atoms with E-state index in [0.717, 1.165) is 4.90 Å². The number of imide groups is 1. The number of hydrogen-bond acceptors (Lipinski definition) is 5. The molecule has 3 amide bonds. The zero-order valence-corrected chi connectivity index (χ0v) is 14.5. The molecule has 0 unspecified atom stereocenters. The molecular weight excluding hydrogens is 334 g/mol. The van der Waals surface area contributed by atoms with Gasteiger partial charge in [0.1, 0.15) is 17.4 Å². The molecule has 0 bridgehead atoms. The minimum atomic E-state index is -0.341. The number of fused-ring (bicyclic) bond motifs is 1. The van der Waals surface area contributed by atoms with E-state index in [2.05, 4.69) is 5.32 Å². The first-order valence-electron chi connectivity index (χ1n) is 8.19. The van der Waals surface area contributed by atoms with Crippen molar-refractivity contribution in [3.63, 3.8) is 0 Å². The Morgan fingerprint density at radius 3 is 2.38 bits per heavy atom. The van der Waals surface area contributed by atoms with E-state index in [0.29, 0.717) is 34.4 Å². The van der Waals surface area contributed by atoms with Gasteiger partial charge in [0, 0.05) is 18.5 Å². The van der Waals surface area contributed by atoms with Crippen LogP contribution in [0.15, 0.2) is 28.7 Å². The fourth-order valence-corrected chi connectivity index (χ4v) is 2.88. The van der Waals surface area contributed by atoms with Gasteiger partial charge < -0.3 is 4.42 Å². The Hall–Kier alpha value is -3.40. The summed E-state index contributed by atoms with van der Waals surface area (Å²) >= 11 is 0. The number of nitriles is 1. The molecule has 1 aromatic carbocycles. The van der Waals surface area contributed by atoms with Crippen molar-refractivity contribution in [1.82, 2.24) is 4.90 Å². The lowest BCUT2D eigenvalue weighted by Gasteiger charge is -2.13. The van der Waals surface area contributed by atoms with Crippen LogP contribution >= 0.6 is 0 Å². The van der Waals surface area contributed by atoms with Gasteiger partial charge in [0.15, 0.2) is 0 Å². The molecule has 0 spiro atoms. The van der Waals surface area contributed by atoms with Crippen molar-refractivity contribution in [3.8, 4) is 6.07 Å². The third-order valence-corrected chi connectivity index (χ3v) is 4.41. The number of aryl methyl sites for hydroxylation is 1. The van der Waals surface area contributed by atoms with Crippen LogP contribution in [0.2, 0.25) is 0 Å². The molecule has 7 heteroatoms. The summed E-state index contributed by atoms with van der Waals surface area (Å²) in [7, 11) is 0. The average molecular weight is 351 g/mol. The van der Waals surface area contributed by atoms with E-state index < -0.39 is 0 Å². The number of furan rings is 1. The van der Waals surface area contributed by atoms with Crippen LogP contribution in [0, 0.1) is 25.2 Å². The SMILES string of the molecule is Cc1oc(NC(=O)CCCN2C(=O)c3ccccc3C2=O)c(C#N)c1C. The van der Waals surface area contributed by atoms with Gasteiger partial charge in [0.05, 0.1) is 11.1 Å². The number of anilines is 1. The smallest absolute Gasteiger partial charge is 0.261 e. The molecule has 0 aliphatic carbocycles. The van der Waals surface area contributed by atoms with Gasteiger partial charge in [-0.2, -0.15) is 5.26 Å². The lowest BCUT2D eigenvalue weighted by Crippen LogP contribution is -2.31. The molecule has 1 aliphatic heterocycles. The minimum Gasteiger partial charge on any atom is -0.444 e. The number of nitrogens with one attached hydrogen (secondary N) is 1. The summed E-state index contributed by atoms with van der Waals surface area (Å²) in [6.45, 7) is 3.62. The maximum Gasteiger partial charge on any atom is 0.261 e. The Morgan fingerprint density at radius 1 is 1.19 bits per heavy atom. The molecule has 1 aromatic heterocycles. The van der Waals surface area contributed by atoms with E-state index >= 15 is 0 Å². The Labute approximate surface area is 150 Å². The monoisotopic (exact) mass is 351 g/mol. The molecule has 26 heavy (non-hydrogen) atoms. The summed E-state index contributed by atoms with van der Waals surface area (Å²) in [4.78, 5) is 37.7. The Balaban J connectivity index is 1.57. The van der Waals surface area contributed by atoms with Crippen molar-refractivity contribution < 1.29 is 18.8 Å². The van der Waals surface area contributed by atoms with Crippen LogP contribution in [-0.2, 0) is 4.79 Å². The predicted molar refractivity (Wildman–Crippen MR) is 92.6 cm³/mol. The minimum absolute atomic E-state index is 0.0943.